The van der Waals surface area contributed by atoms with Crippen LogP contribution in [0.15, 0.2) is 97.1 Å². The first-order valence-corrected chi connectivity index (χ1v) is 17.3. The lowest BCUT2D eigenvalue weighted by atomic mass is 10.1. The van der Waals surface area contributed by atoms with Crippen molar-refractivity contribution in [3.8, 4) is 5.75 Å². The van der Waals surface area contributed by atoms with Crippen molar-refractivity contribution in [2.24, 2.45) is 0 Å². The maximum atomic E-state index is 14.7. The van der Waals surface area contributed by atoms with Gasteiger partial charge in [-0.25, -0.2) is 14.5 Å². The molecule has 0 saturated carbocycles. The maximum Gasteiger partial charge on any atom is 0.459 e. The molecule has 0 amide bonds. The summed E-state index contributed by atoms with van der Waals surface area (Å²) in [5.41, 5.74) is 9.22. The number of hydrogen-bond acceptors (Lipinski definition) is 9. The van der Waals surface area contributed by atoms with Crippen molar-refractivity contribution < 1.29 is 27.9 Å². The van der Waals surface area contributed by atoms with Gasteiger partial charge in [-0.15, -0.1) is 0 Å². The Kier molecular flexibility index (Phi) is 10.0. The second-order valence-electron chi connectivity index (χ2n) is 11.4. The summed E-state index contributed by atoms with van der Waals surface area (Å²) in [5.74, 6) is 0.646. The molecule has 0 radical (unpaired) electrons. The average molecular weight is 668 g/mol. The highest BCUT2D eigenvalue weighted by Crippen LogP contribution is 2.48. The van der Waals surface area contributed by atoms with Crippen molar-refractivity contribution in [2.75, 3.05) is 12.3 Å². The van der Waals surface area contributed by atoms with E-state index in [-0.39, 0.29) is 19.8 Å². The van der Waals surface area contributed by atoms with E-state index in [2.05, 4.69) is 10.1 Å². The highest BCUT2D eigenvalue weighted by atomic mass is 31.2. The van der Waals surface area contributed by atoms with E-state index in [0.29, 0.717) is 29.5 Å². The second kappa shape index (κ2) is 14.5. The summed E-state index contributed by atoms with van der Waals surface area (Å²) in [6.45, 7) is 6.23. The summed E-state index contributed by atoms with van der Waals surface area (Å²) in [5, 5.41) is 5.33. The zero-order chi connectivity index (χ0) is 33.7. The smallest absolute Gasteiger partial charge is 0.459 e. The van der Waals surface area contributed by atoms with Crippen molar-refractivity contribution in [3.63, 3.8) is 0 Å². The summed E-state index contributed by atoms with van der Waals surface area (Å²) in [7, 11) is -4.23. The molecule has 0 spiro atoms. The third kappa shape index (κ3) is 7.35. The van der Waals surface area contributed by atoms with Gasteiger partial charge in [-0.1, -0.05) is 84.9 Å². The summed E-state index contributed by atoms with van der Waals surface area (Å²) < 4.78 is 40.4. The first-order valence-electron chi connectivity index (χ1n) is 15.8. The fourth-order valence-electron chi connectivity index (χ4n) is 5.56. The normalized spacial score (nSPS) is 14.1. The van der Waals surface area contributed by atoms with Crippen LogP contribution in [0.25, 0.3) is 32.7 Å². The predicted molar refractivity (Wildman–Crippen MR) is 186 cm³/mol. The summed E-state index contributed by atoms with van der Waals surface area (Å²) in [6.07, 6.45) is -0.711. The molecule has 11 nitrogen and oxygen atoms in total. The molecule has 0 fully saturated rings. The number of pyridine rings is 1. The van der Waals surface area contributed by atoms with E-state index in [1.54, 1.807) is 19.9 Å². The molecule has 0 unspecified atom stereocenters. The molecule has 12 heteroatoms. The van der Waals surface area contributed by atoms with Crippen LogP contribution in [0.2, 0.25) is 0 Å². The van der Waals surface area contributed by atoms with Gasteiger partial charge < -0.3 is 24.3 Å². The van der Waals surface area contributed by atoms with Crippen molar-refractivity contribution in [2.45, 2.75) is 52.7 Å². The number of carbonyl (C=O) groups is 1. The number of rotatable bonds is 14. The lowest BCUT2D eigenvalue weighted by Gasteiger charge is -2.26. The number of imidazole rings is 1. The zero-order valence-electron chi connectivity index (χ0n) is 27.0. The third-order valence-corrected chi connectivity index (χ3v) is 9.56. The Morgan fingerprint density at radius 2 is 1.60 bits per heavy atom. The standard InChI is InChI=1S/C36H38N5O6P/c1-4-44-23-32-39-33-34(29-18-10-11-19-30(29)38-35(33)37)41(32)21-24(2)46-48(43,47-31-20-12-16-27-15-8-9-17-28(27)31)40-25(3)36(42)45-22-26-13-6-5-7-14-26/h5-20,24-25H,4,21-23H2,1-3H3,(H2,37,38)(H,40,43)/t24-,25+,48+/m1/s1. The van der Waals surface area contributed by atoms with Crippen LogP contribution in [0.1, 0.15) is 32.2 Å². The number of nitrogens with zero attached hydrogens (tertiary/aromatic N) is 3. The van der Waals surface area contributed by atoms with Crippen molar-refractivity contribution in [1.29, 1.82) is 0 Å². The number of para-hydroxylation sites is 1. The van der Waals surface area contributed by atoms with Gasteiger partial charge in [0.15, 0.2) is 5.82 Å². The Morgan fingerprint density at radius 1 is 0.896 bits per heavy atom. The molecule has 2 aromatic heterocycles. The zero-order valence-corrected chi connectivity index (χ0v) is 27.9. The molecule has 6 rings (SSSR count). The highest BCUT2D eigenvalue weighted by molar-refractivity contribution is 7.52. The van der Waals surface area contributed by atoms with E-state index >= 15 is 0 Å². The molecule has 0 aliphatic rings. The second-order valence-corrected chi connectivity index (χ2v) is 13.1. The minimum absolute atomic E-state index is 0.0691. The summed E-state index contributed by atoms with van der Waals surface area (Å²) >= 11 is 0. The molecule has 3 N–H and O–H groups in total. The Balaban J connectivity index is 1.31. The Bertz CT molecular complexity index is 2100. The fourth-order valence-corrected chi connectivity index (χ4v) is 7.25. The quantitative estimate of drug-likeness (QED) is 0.0908. The predicted octanol–water partition coefficient (Wildman–Crippen LogP) is 7.17. The van der Waals surface area contributed by atoms with Crippen molar-refractivity contribution >= 4 is 52.2 Å². The van der Waals surface area contributed by atoms with Gasteiger partial charge in [0.25, 0.3) is 0 Å². The molecule has 48 heavy (non-hydrogen) atoms. The van der Waals surface area contributed by atoms with E-state index < -0.39 is 25.9 Å². The highest BCUT2D eigenvalue weighted by Gasteiger charge is 2.35. The Hall–Kier alpha value is -4.80. The number of nitrogens with two attached hydrogens (primary N) is 1. The van der Waals surface area contributed by atoms with E-state index in [0.717, 1.165) is 32.8 Å². The fraction of sp³-hybridized carbons (Fsp3) is 0.250. The maximum absolute atomic E-state index is 14.7. The van der Waals surface area contributed by atoms with Gasteiger partial charge in [-0.2, -0.15) is 5.09 Å². The van der Waals surface area contributed by atoms with Crippen LogP contribution in [0.5, 0.6) is 5.75 Å². The van der Waals surface area contributed by atoms with Crippen LogP contribution < -0.4 is 15.3 Å². The lowest BCUT2D eigenvalue weighted by molar-refractivity contribution is -0.146. The lowest BCUT2D eigenvalue weighted by Crippen LogP contribution is -2.36. The van der Waals surface area contributed by atoms with Crippen LogP contribution in [-0.2, 0) is 43.1 Å². The molecule has 248 valence electrons. The minimum Gasteiger partial charge on any atom is -0.460 e. The third-order valence-electron chi connectivity index (χ3n) is 7.78. The molecule has 2 heterocycles. The SMILES string of the molecule is CCOCc1nc2c(N)nc3ccccc3c2n1C[C@@H](C)O[P@@](=O)(N[C@@H](C)C(=O)OCc1ccccc1)Oc1cccc2ccccc12. The van der Waals surface area contributed by atoms with Crippen molar-refractivity contribution in [1.82, 2.24) is 19.6 Å². The molecule has 0 aliphatic carbocycles. The Labute approximate surface area is 278 Å². The van der Waals surface area contributed by atoms with Gasteiger partial charge in [0, 0.05) is 17.4 Å². The summed E-state index contributed by atoms with van der Waals surface area (Å²) in [6, 6.07) is 29.0. The van der Waals surface area contributed by atoms with E-state index in [1.165, 1.54) is 0 Å². The number of hydrogen-bond donors (Lipinski definition) is 2. The number of fused-ring (bicyclic) bond motifs is 4. The van der Waals surface area contributed by atoms with Crippen LogP contribution in [0, 0.1) is 0 Å². The van der Waals surface area contributed by atoms with Crippen LogP contribution in [0.3, 0.4) is 0 Å². The van der Waals surface area contributed by atoms with Gasteiger partial charge >= 0.3 is 13.7 Å². The van der Waals surface area contributed by atoms with E-state index in [9.17, 15) is 9.36 Å². The number of anilines is 1. The minimum atomic E-state index is -4.23. The average Bonchev–Trinajstić information content (AvgIpc) is 3.45. The van der Waals surface area contributed by atoms with Crippen LogP contribution >= 0.6 is 7.75 Å². The molecule has 0 aliphatic heterocycles. The molecule has 3 atom stereocenters. The number of ether oxygens (including phenoxy) is 2. The topological polar surface area (TPSA) is 140 Å². The van der Waals surface area contributed by atoms with E-state index in [4.69, 9.17) is 29.2 Å². The van der Waals surface area contributed by atoms with Crippen LogP contribution in [0.4, 0.5) is 5.82 Å². The van der Waals surface area contributed by atoms with Gasteiger partial charge in [0.2, 0.25) is 0 Å². The first kappa shape index (κ1) is 33.1. The molecule has 0 saturated heterocycles. The van der Waals surface area contributed by atoms with Gasteiger partial charge in [-0.3, -0.25) is 9.32 Å². The first-order chi connectivity index (χ1) is 23.2. The molecule has 0 bridgehead atoms. The number of esters is 1. The van der Waals surface area contributed by atoms with Gasteiger partial charge in [0.05, 0.1) is 23.7 Å². The van der Waals surface area contributed by atoms with Gasteiger partial charge in [0.1, 0.15) is 36.3 Å². The number of nitrogen functional groups attached to an aromatic ring is 1. The molecular formula is C36H38N5O6P. The number of nitrogens with one attached hydrogen (secondary N) is 1. The number of aromatic nitrogens is 3. The summed E-state index contributed by atoms with van der Waals surface area (Å²) in [4.78, 5) is 22.4. The molecular weight excluding hydrogens is 629 g/mol. The van der Waals surface area contributed by atoms with Gasteiger partial charge in [-0.05, 0) is 43.9 Å². The largest absolute Gasteiger partial charge is 0.460 e. The number of benzene rings is 4. The Morgan fingerprint density at radius 3 is 2.40 bits per heavy atom. The molecule has 6 aromatic rings. The van der Waals surface area contributed by atoms with E-state index in [1.807, 2.05) is 102 Å². The molecule has 4 aromatic carbocycles. The number of carbonyl (C=O) groups excluding carboxylic acids is 1. The van der Waals surface area contributed by atoms with Crippen LogP contribution in [-0.4, -0.2) is 39.3 Å². The monoisotopic (exact) mass is 667 g/mol. The van der Waals surface area contributed by atoms with Crippen molar-refractivity contribution in [3.05, 3.63) is 108 Å².